The SMILES string of the molecule is CCCN(Cc1cccnc1)Cc1cccs1. The summed E-state index contributed by atoms with van der Waals surface area (Å²) in [5.41, 5.74) is 1.29. The summed E-state index contributed by atoms with van der Waals surface area (Å²) in [6.07, 6.45) is 4.97. The summed E-state index contributed by atoms with van der Waals surface area (Å²) in [4.78, 5) is 8.08. The molecular weight excluding hydrogens is 228 g/mol. The minimum Gasteiger partial charge on any atom is -0.294 e. The molecule has 17 heavy (non-hydrogen) atoms. The summed E-state index contributed by atoms with van der Waals surface area (Å²) in [6, 6.07) is 8.47. The van der Waals surface area contributed by atoms with E-state index in [0.717, 1.165) is 19.6 Å². The molecule has 0 aliphatic heterocycles. The Morgan fingerprint density at radius 1 is 1.24 bits per heavy atom. The largest absolute Gasteiger partial charge is 0.294 e. The van der Waals surface area contributed by atoms with Crippen molar-refractivity contribution in [1.29, 1.82) is 0 Å². The summed E-state index contributed by atoms with van der Waals surface area (Å²) < 4.78 is 0. The van der Waals surface area contributed by atoms with Crippen molar-refractivity contribution < 1.29 is 0 Å². The molecule has 2 rings (SSSR count). The molecule has 0 fully saturated rings. The second kappa shape index (κ2) is 6.52. The lowest BCUT2D eigenvalue weighted by molar-refractivity contribution is 0.259. The monoisotopic (exact) mass is 246 g/mol. The molecular formula is C14H18N2S. The third kappa shape index (κ3) is 3.95. The average Bonchev–Trinajstić information content (AvgIpc) is 2.83. The summed E-state index contributed by atoms with van der Waals surface area (Å²) in [7, 11) is 0. The summed E-state index contributed by atoms with van der Waals surface area (Å²) >= 11 is 1.83. The summed E-state index contributed by atoms with van der Waals surface area (Å²) in [5, 5.41) is 2.14. The first-order valence-electron chi connectivity index (χ1n) is 6.02. The van der Waals surface area contributed by atoms with Crippen LogP contribution in [0.25, 0.3) is 0 Å². The van der Waals surface area contributed by atoms with Gasteiger partial charge in [0.05, 0.1) is 0 Å². The second-order valence-electron chi connectivity index (χ2n) is 4.15. The fraction of sp³-hybridized carbons (Fsp3) is 0.357. The highest BCUT2D eigenvalue weighted by atomic mass is 32.1. The van der Waals surface area contributed by atoms with Gasteiger partial charge in [0, 0.05) is 30.4 Å². The van der Waals surface area contributed by atoms with Crippen molar-refractivity contribution in [2.75, 3.05) is 6.54 Å². The number of aromatic nitrogens is 1. The van der Waals surface area contributed by atoms with Crippen LogP contribution in [0.15, 0.2) is 42.0 Å². The highest BCUT2D eigenvalue weighted by molar-refractivity contribution is 7.09. The summed E-state index contributed by atoms with van der Waals surface area (Å²) in [5.74, 6) is 0. The molecule has 2 aromatic heterocycles. The zero-order chi connectivity index (χ0) is 11.9. The first kappa shape index (κ1) is 12.3. The van der Waals surface area contributed by atoms with Crippen molar-refractivity contribution in [3.05, 3.63) is 52.5 Å². The smallest absolute Gasteiger partial charge is 0.0331 e. The molecule has 0 N–H and O–H groups in total. The van der Waals surface area contributed by atoms with Gasteiger partial charge in [-0.1, -0.05) is 19.1 Å². The fourth-order valence-corrected chi connectivity index (χ4v) is 2.65. The minimum absolute atomic E-state index is 0.986. The van der Waals surface area contributed by atoms with Crippen LogP contribution in [0.3, 0.4) is 0 Å². The molecule has 90 valence electrons. The lowest BCUT2D eigenvalue weighted by Gasteiger charge is -2.20. The number of hydrogen-bond acceptors (Lipinski definition) is 3. The Labute approximate surface area is 107 Å². The van der Waals surface area contributed by atoms with Crippen molar-refractivity contribution >= 4 is 11.3 Å². The number of pyridine rings is 1. The van der Waals surface area contributed by atoms with Gasteiger partial charge in [0.25, 0.3) is 0 Å². The average molecular weight is 246 g/mol. The maximum atomic E-state index is 4.17. The van der Waals surface area contributed by atoms with E-state index in [1.165, 1.54) is 16.9 Å². The minimum atomic E-state index is 0.986. The predicted octanol–water partition coefficient (Wildman–Crippen LogP) is 3.56. The molecule has 0 aliphatic carbocycles. The molecule has 0 bridgehead atoms. The molecule has 0 atom stereocenters. The Morgan fingerprint density at radius 3 is 2.82 bits per heavy atom. The molecule has 0 unspecified atom stereocenters. The number of thiophene rings is 1. The van der Waals surface area contributed by atoms with E-state index in [4.69, 9.17) is 0 Å². The summed E-state index contributed by atoms with van der Waals surface area (Å²) in [6.45, 7) is 5.39. The Morgan fingerprint density at radius 2 is 2.18 bits per heavy atom. The van der Waals surface area contributed by atoms with E-state index in [9.17, 15) is 0 Å². The van der Waals surface area contributed by atoms with Crippen LogP contribution >= 0.6 is 11.3 Å². The second-order valence-corrected chi connectivity index (χ2v) is 5.18. The molecule has 2 aromatic rings. The van der Waals surface area contributed by atoms with Crippen LogP contribution in [0.5, 0.6) is 0 Å². The van der Waals surface area contributed by atoms with Gasteiger partial charge >= 0.3 is 0 Å². The maximum Gasteiger partial charge on any atom is 0.0331 e. The third-order valence-electron chi connectivity index (χ3n) is 2.63. The molecule has 0 saturated heterocycles. The van der Waals surface area contributed by atoms with E-state index in [2.05, 4.69) is 40.4 Å². The standard InChI is InChI=1S/C14H18N2S/c1-2-8-16(12-14-6-4-9-17-14)11-13-5-3-7-15-10-13/h3-7,9-10H,2,8,11-12H2,1H3. The van der Waals surface area contributed by atoms with Gasteiger partial charge in [-0.3, -0.25) is 9.88 Å². The molecule has 2 nitrogen and oxygen atoms in total. The van der Waals surface area contributed by atoms with Crippen LogP contribution in [0, 0.1) is 0 Å². The van der Waals surface area contributed by atoms with Crippen LogP contribution in [0.1, 0.15) is 23.8 Å². The molecule has 0 spiro atoms. The van der Waals surface area contributed by atoms with E-state index in [0.29, 0.717) is 0 Å². The van der Waals surface area contributed by atoms with Crippen molar-refractivity contribution in [3.63, 3.8) is 0 Å². The Bertz CT molecular complexity index is 411. The van der Waals surface area contributed by atoms with Crippen molar-refractivity contribution in [1.82, 2.24) is 9.88 Å². The van der Waals surface area contributed by atoms with Gasteiger partial charge in [-0.15, -0.1) is 11.3 Å². The maximum absolute atomic E-state index is 4.17. The number of rotatable bonds is 6. The van der Waals surface area contributed by atoms with E-state index in [1.807, 2.05) is 29.8 Å². The van der Waals surface area contributed by atoms with Gasteiger partial charge in [0.2, 0.25) is 0 Å². The van der Waals surface area contributed by atoms with Crippen molar-refractivity contribution in [2.45, 2.75) is 26.4 Å². The molecule has 0 amide bonds. The van der Waals surface area contributed by atoms with Gasteiger partial charge in [-0.05, 0) is 36.0 Å². The number of hydrogen-bond donors (Lipinski definition) is 0. The van der Waals surface area contributed by atoms with Crippen LogP contribution < -0.4 is 0 Å². The van der Waals surface area contributed by atoms with Gasteiger partial charge in [0.15, 0.2) is 0 Å². The molecule has 0 saturated carbocycles. The molecule has 3 heteroatoms. The molecule has 0 aromatic carbocycles. The van der Waals surface area contributed by atoms with Crippen LogP contribution in [0.4, 0.5) is 0 Å². The van der Waals surface area contributed by atoms with Gasteiger partial charge < -0.3 is 0 Å². The van der Waals surface area contributed by atoms with Crippen molar-refractivity contribution in [3.8, 4) is 0 Å². The predicted molar refractivity (Wildman–Crippen MR) is 73.0 cm³/mol. The third-order valence-corrected chi connectivity index (χ3v) is 3.49. The molecule has 2 heterocycles. The lowest BCUT2D eigenvalue weighted by Crippen LogP contribution is -2.23. The van der Waals surface area contributed by atoms with Gasteiger partial charge in [0.1, 0.15) is 0 Å². The van der Waals surface area contributed by atoms with E-state index in [1.54, 1.807) is 0 Å². The first-order chi connectivity index (χ1) is 8.38. The molecule has 0 aliphatic rings. The Kier molecular flexibility index (Phi) is 4.71. The highest BCUT2D eigenvalue weighted by Crippen LogP contribution is 2.14. The zero-order valence-corrected chi connectivity index (χ0v) is 11.0. The van der Waals surface area contributed by atoms with Gasteiger partial charge in [-0.2, -0.15) is 0 Å². The van der Waals surface area contributed by atoms with Crippen LogP contribution in [0.2, 0.25) is 0 Å². The lowest BCUT2D eigenvalue weighted by atomic mass is 10.2. The van der Waals surface area contributed by atoms with Crippen molar-refractivity contribution in [2.24, 2.45) is 0 Å². The topological polar surface area (TPSA) is 16.1 Å². The number of nitrogens with zero attached hydrogens (tertiary/aromatic N) is 2. The molecule has 0 radical (unpaired) electrons. The quantitative estimate of drug-likeness (QED) is 0.775. The Hall–Kier alpha value is -1.19. The van der Waals surface area contributed by atoms with Crippen LogP contribution in [-0.4, -0.2) is 16.4 Å². The van der Waals surface area contributed by atoms with Crippen LogP contribution in [-0.2, 0) is 13.1 Å². The zero-order valence-electron chi connectivity index (χ0n) is 10.2. The van der Waals surface area contributed by atoms with E-state index < -0.39 is 0 Å². The van der Waals surface area contributed by atoms with E-state index in [-0.39, 0.29) is 0 Å². The van der Waals surface area contributed by atoms with E-state index >= 15 is 0 Å². The normalized spacial score (nSPS) is 10.9. The fourth-order valence-electron chi connectivity index (χ4n) is 1.90. The first-order valence-corrected chi connectivity index (χ1v) is 6.90. The highest BCUT2D eigenvalue weighted by Gasteiger charge is 2.06. The van der Waals surface area contributed by atoms with Gasteiger partial charge in [-0.25, -0.2) is 0 Å². The Balaban J connectivity index is 1.97.